The third-order valence-corrected chi connectivity index (χ3v) is 3.50. The van der Waals surface area contributed by atoms with Crippen molar-refractivity contribution in [1.29, 1.82) is 0 Å². The van der Waals surface area contributed by atoms with Gasteiger partial charge in [0.2, 0.25) is 5.78 Å². The van der Waals surface area contributed by atoms with Crippen LogP contribution < -0.4 is 0 Å². The van der Waals surface area contributed by atoms with E-state index >= 15 is 0 Å². The average Bonchev–Trinajstić information content (AvgIpc) is 2.65. The maximum Gasteiger partial charge on any atom is 0.358 e. The number of Topliss-reactive ketones (excluding diaryl/α,β-unsaturated/α-hetero) is 1. The molecule has 0 saturated carbocycles. The summed E-state index contributed by atoms with van der Waals surface area (Å²) in [6.45, 7) is -0.503. The van der Waals surface area contributed by atoms with E-state index < -0.39 is 23.3 Å². The Morgan fingerprint density at radius 2 is 1.84 bits per heavy atom. The molecule has 0 N–H and O–H groups in total. The summed E-state index contributed by atoms with van der Waals surface area (Å²) < 4.78 is 4.95. The first-order valence-electron chi connectivity index (χ1n) is 7.20. The molecule has 8 nitrogen and oxygen atoms in total. The largest absolute Gasteiger partial charge is 0.453 e. The van der Waals surface area contributed by atoms with E-state index in [1.807, 2.05) is 0 Å². The van der Waals surface area contributed by atoms with Crippen molar-refractivity contribution >= 4 is 28.2 Å². The van der Waals surface area contributed by atoms with Crippen molar-refractivity contribution in [2.24, 2.45) is 0 Å². The van der Waals surface area contributed by atoms with Gasteiger partial charge in [0.1, 0.15) is 0 Å². The number of fused-ring (bicyclic) bond motifs is 1. The van der Waals surface area contributed by atoms with E-state index in [2.05, 4.69) is 9.97 Å². The number of nitro groups is 1. The average molecular weight is 337 g/mol. The number of nitro benzene ring substituents is 1. The highest BCUT2D eigenvalue weighted by molar-refractivity contribution is 6.11. The molecular formula is C17H11N3O5. The number of carbonyl (C=O) groups excluding carboxylic acids is 2. The van der Waals surface area contributed by atoms with E-state index in [-0.39, 0.29) is 16.9 Å². The molecule has 0 aliphatic carbocycles. The topological polar surface area (TPSA) is 112 Å². The van der Waals surface area contributed by atoms with Gasteiger partial charge < -0.3 is 4.74 Å². The smallest absolute Gasteiger partial charge is 0.358 e. The van der Waals surface area contributed by atoms with Gasteiger partial charge in [0.15, 0.2) is 12.3 Å². The molecule has 0 atom stereocenters. The predicted molar refractivity (Wildman–Crippen MR) is 87.2 cm³/mol. The number of rotatable bonds is 5. The van der Waals surface area contributed by atoms with E-state index in [0.29, 0.717) is 10.8 Å². The highest BCUT2D eigenvalue weighted by atomic mass is 16.6. The van der Waals surface area contributed by atoms with Crippen LogP contribution in [0.3, 0.4) is 0 Å². The molecule has 25 heavy (non-hydrogen) atoms. The molecule has 0 spiro atoms. The zero-order valence-corrected chi connectivity index (χ0v) is 12.8. The maximum absolute atomic E-state index is 12.4. The van der Waals surface area contributed by atoms with Gasteiger partial charge in [0, 0.05) is 24.0 Å². The Balaban J connectivity index is 1.84. The summed E-state index contributed by atoms with van der Waals surface area (Å²) in [6.07, 6.45) is 3.97. The minimum atomic E-state index is -0.771. The number of hydrogen-bond donors (Lipinski definition) is 0. The molecule has 3 aromatic rings. The van der Waals surface area contributed by atoms with Crippen LogP contribution in [0, 0.1) is 10.1 Å². The molecule has 0 saturated heterocycles. The number of ketones is 1. The predicted octanol–water partition coefficient (Wildman–Crippen LogP) is 2.58. The second kappa shape index (κ2) is 6.83. The number of esters is 1. The molecule has 1 aromatic heterocycles. The van der Waals surface area contributed by atoms with Crippen LogP contribution in [0.25, 0.3) is 10.8 Å². The van der Waals surface area contributed by atoms with Crippen LogP contribution in [0.15, 0.2) is 55.0 Å². The van der Waals surface area contributed by atoms with Crippen molar-refractivity contribution in [3.63, 3.8) is 0 Å². The lowest BCUT2D eigenvalue weighted by atomic mass is 10.0. The van der Waals surface area contributed by atoms with Crippen LogP contribution in [-0.2, 0) is 4.74 Å². The third kappa shape index (κ3) is 3.32. The monoisotopic (exact) mass is 337 g/mol. The Labute approximate surface area is 141 Å². The van der Waals surface area contributed by atoms with Crippen molar-refractivity contribution in [3.05, 3.63) is 76.4 Å². The van der Waals surface area contributed by atoms with Crippen molar-refractivity contribution < 1.29 is 19.2 Å². The van der Waals surface area contributed by atoms with Gasteiger partial charge in [-0.1, -0.05) is 24.3 Å². The first-order chi connectivity index (χ1) is 12.1. The molecule has 124 valence electrons. The third-order valence-electron chi connectivity index (χ3n) is 3.50. The second-order valence-corrected chi connectivity index (χ2v) is 5.02. The van der Waals surface area contributed by atoms with Gasteiger partial charge in [-0.15, -0.1) is 0 Å². The van der Waals surface area contributed by atoms with E-state index in [1.165, 1.54) is 36.8 Å². The number of hydrogen-bond acceptors (Lipinski definition) is 7. The van der Waals surface area contributed by atoms with Crippen molar-refractivity contribution in [2.75, 3.05) is 6.61 Å². The fraction of sp³-hybridized carbons (Fsp3) is 0.0588. The molecule has 0 unspecified atom stereocenters. The Kier molecular flexibility index (Phi) is 4.42. The molecule has 0 fully saturated rings. The van der Waals surface area contributed by atoms with Gasteiger partial charge in [-0.2, -0.15) is 0 Å². The Bertz CT molecular complexity index is 972. The Morgan fingerprint density at radius 1 is 1.08 bits per heavy atom. The second-order valence-electron chi connectivity index (χ2n) is 5.02. The summed E-state index contributed by atoms with van der Waals surface area (Å²) >= 11 is 0. The van der Waals surface area contributed by atoms with E-state index in [4.69, 9.17) is 4.74 Å². The van der Waals surface area contributed by atoms with E-state index in [1.54, 1.807) is 18.2 Å². The first kappa shape index (κ1) is 16.2. The van der Waals surface area contributed by atoms with Crippen molar-refractivity contribution in [3.8, 4) is 0 Å². The van der Waals surface area contributed by atoms with Gasteiger partial charge >= 0.3 is 5.97 Å². The number of carbonyl (C=O) groups is 2. The lowest BCUT2D eigenvalue weighted by molar-refractivity contribution is -0.383. The fourth-order valence-electron chi connectivity index (χ4n) is 2.38. The van der Waals surface area contributed by atoms with Crippen molar-refractivity contribution in [2.45, 2.75) is 0 Å². The lowest BCUT2D eigenvalue weighted by Crippen LogP contribution is -2.15. The molecule has 0 aliphatic rings. The minimum absolute atomic E-state index is 0.0103. The zero-order chi connectivity index (χ0) is 17.8. The lowest BCUT2D eigenvalue weighted by Gasteiger charge is -2.07. The molecule has 0 bridgehead atoms. The van der Waals surface area contributed by atoms with Crippen LogP contribution >= 0.6 is 0 Å². The summed E-state index contributed by atoms with van der Waals surface area (Å²) in [7, 11) is 0. The van der Waals surface area contributed by atoms with E-state index in [0.717, 1.165) is 0 Å². The molecule has 2 aromatic carbocycles. The van der Waals surface area contributed by atoms with Gasteiger partial charge in [-0.3, -0.25) is 19.9 Å². The number of nitrogens with zero attached hydrogens (tertiary/aromatic N) is 3. The summed E-state index contributed by atoms with van der Waals surface area (Å²) in [5.74, 6) is -1.24. The first-order valence-corrected chi connectivity index (χ1v) is 7.20. The molecule has 0 amide bonds. The van der Waals surface area contributed by atoms with Gasteiger partial charge in [0.25, 0.3) is 5.69 Å². The Hall–Kier alpha value is -3.68. The standard InChI is InChI=1S/C17H11N3O5/c21-16(10-25-17(22)14-9-18-7-8-19-14)13-5-1-4-12-11(13)3-2-6-15(12)20(23)24/h1-9H,10H2. The summed E-state index contributed by atoms with van der Waals surface area (Å²) in [5, 5.41) is 11.9. The van der Waals surface area contributed by atoms with Gasteiger partial charge in [-0.05, 0) is 11.5 Å². The van der Waals surface area contributed by atoms with Crippen molar-refractivity contribution in [1.82, 2.24) is 9.97 Å². The summed E-state index contributed by atoms with van der Waals surface area (Å²) in [6, 6.07) is 9.13. The number of benzene rings is 2. The fourth-order valence-corrected chi connectivity index (χ4v) is 2.38. The van der Waals surface area contributed by atoms with Gasteiger partial charge in [-0.25, -0.2) is 9.78 Å². The molecule has 3 rings (SSSR count). The molecule has 1 heterocycles. The molecule has 0 aliphatic heterocycles. The number of aromatic nitrogens is 2. The van der Waals surface area contributed by atoms with Crippen LogP contribution in [0.4, 0.5) is 5.69 Å². The normalized spacial score (nSPS) is 10.4. The number of non-ortho nitro benzene ring substituents is 1. The summed E-state index contributed by atoms with van der Waals surface area (Å²) in [4.78, 5) is 42.3. The van der Waals surface area contributed by atoms with Crippen LogP contribution in [0.2, 0.25) is 0 Å². The van der Waals surface area contributed by atoms with E-state index in [9.17, 15) is 19.7 Å². The van der Waals surface area contributed by atoms with Gasteiger partial charge in [0.05, 0.1) is 16.5 Å². The van der Waals surface area contributed by atoms with Crippen LogP contribution in [0.1, 0.15) is 20.8 Å². The number of ether oxygens (including phenoxy) is 1. The molecule has 0 radical (unpaired) electrons. The maximum atomic E-state index is 12.4. The minimum Gasteiger partial charge on any atom is -0.453 e. The SMILES string of the molecule is O=C(OCC(=O)c1cccc2c([N+](=O)[O-])cccc12)c1cnccn1. The van der Waals surface area contributed by atoms with Crippen LogP contribution in [0.5, 0.6) is 0 Å². The molecule has 8 heteroatoms. The zero-order valence-electron chi connectivity index (χ0n) is 12.8. The highest BCUT2D eigenvalue weighted by Gasteiger charge is 2.18. The quantitative estimate of drug-likeness (QED) is 0.304. The summed E-state index contributed by atoms with van der Waals surface area (Å²) in [5.41, 5.74) is 0.140. The van der Waals surface area contributed by atoms with Crippen LogP contribution in [-0.4, -0.2) is 33.3 Å². The highest BCUT2D eigenvalue weighted by Crippen LogP contribution is 2.28. The Morgan fingerprint density at radius 3 is 2.56 bits per heavy atom. The molecular weight excluding hydrogens is 326 g/mol.